The molecule has 2 heterocycles. The molecule has 184 valence electrons. The number of sulfonamides is 1. The van der Waals surface area contributed by atoms with Crippen LogP contribution in [0.3, 0.4) is 0 Å². The summed E-state index contributed by atoms with van der Waals surface area (Å²) in [5.74, 6) is 1.47. The number of fused-ring (bicyclic) bond motifs is 1. The summed E-state index contributed by atoms with van der Waals surface area (Å²) in [5, 5.41) is 8.50. The lowest BCUT2D eigenvalue weighted by Crippen LogP contribution is -2.14. The van der Waals surface area contributed by atoms with E-state index >= 15 is 0 Å². The quantitative estimate of drug-likeness (QED) is 0.363. The van der Waals surface area contributed by atoms with Gasteiger partial charge in [0, 0.05) is 25.0 Å². The minimum Gasteiger partial charge on any atom is -0.497 e. The summed E-state index contributed by atoms with van der Waals surface area (Å²) >= 11 is 0. The van der Waals surface area contributed by atoms with Crippen LogP contribution in [0.25, 0.3) is 22.6 Å². The molecule has 0 aliphatic heterocycles. The molecule has 0 unspecified atom stereocenters. The predicted molar refractivity (Wildman–Crippen MR) is 136 cm³/mol. The van der Waals surface area contributed by atoms with Gasteiger partial charge in [-0.1, -0.05) is 18.2 Å². The van der Waals surface area contributed by atoms with Crippen molar-refractivity contribution in [1.29, 1.82) is 0 Å². The monoisotopic (exact) mass is 495 g/mol. The molecule has 2 aromatic heterocycles. The molecule has 0 aliphatic carbocycles. The lowest BCUT2D eigenvalue weighted by molar-refractivity contribution is 0.400. The highest BCUT2D eigenvalue weighted by Crippen LogP contribution is 2.32. The number of para-hydroxylation sites is 2. The number of hydrogen-bond acceptors (Lipinski definition) is 8. The van der Waals surface area contributed by atoms with Crippen LogP contribution in [0.2, 0.25) is 0 Å². The number of nitrogens with zero attached hydrogens (tertiary/aromatic N) is 5. The van der Waals surface area contributed by atoms with Crippen molar-refractivity contribution in [1.82, 2.24) is 24.4 Å². The first-order chi connectivity index (χ1) is 16.7. The first-order valence-electron chi connectivity index (χ1n) is 11.1. The fourth-order valence-corrected chi connectivity index (χ4v) is 4.29. The second kappa shape index (κ2) is 9.98. The van der Waals surface area contributed by atoms with Gasteiger partial charge in [0.2, 0.25) is 0 Å². The Labute approximate surface area is 204 Å². The SMILES string of the molecule is COc1ccc(CCCN(C)C)c(Nc2nc3ccccc3nc2-c2nc(S(N)(=O)=O)cn2C)c1. The number of rotatable bonds is 9. The van der Waals surface area contributed by atoms with Crippen LogP contribution in [0.5, 0.6) is 5.75 Å². The Bertz CT molecular complexity index is 1470. The van der Waals surface area contributed by atoms with Crippen LogP contribution in [0.4, 0.5) is 11.5 Å². The van der Waals surface area contributed by atoms with Crippen LogP contribution in [-0.4, -0.2) is 60.6 Å². The highest BCUT2D eigenvalue weighted by molar-refractivity contribution is 7.89. The summed E-state index contributed by atoms with van der Waals surface area (Å²) in [6, 6.07) is 13.4. The van der Waals surface area contributed by atoms with E-state index in [1.54, 1.807) is 18.7 Å². The number of aryl methyl sites for hydroxylation is 2. The summed E-state index contributed by atoms with van der Waals surface area (Å²) in [7, 11) is 3.43. The lowest BCUT2D eigenvalue weighted by Gasteiger charge is -2.16. The number of ether oxygens (including phenoxy) is 1. The zero-order valence-electron chi connectivity index (χ0n) is 20.2. The third-order valence-corrected chi connectivity index (χ3v) is 6.33. The van der Waals surface area contributed by atoms with Crippen LogP contribution in [0.1, 0.15) is 12.0 Å². The van der Waals surface area contributed by atoms with Crippen molar-refractivity contribution >= 4 is 32.6 Å². The van der Waals surface area contributed by atoms with Gasteiger partial charge in [0.1, 0.15) is 11.4 Å². The van der Waals surface area contributed by atoms with Gasteiger partial charge in [0.25, 0.3) is 10.0 Å². The second-order valence-electron chi connectivity index (χ2n) is 8.52. The molecule has 0 aliphatic rings. The highest BCUT2D eigenvalue weighted by Gasteiger charge is 2.21. The van der Waals surface area contributed by atoms with E-state index in [1.807, 2.05) is 56.6 Å². The van der Waals surface area contributed by atoms with Crippen molar-refractivity contribution in [2.24, 2.45) is 12.2 Å². The number of aromatic nitrogens is 4. The molecule has 4 aromatic rings. The molecule has 0 spiro atoms. The van der Waals surface area contributed by atoms with Crippen molar-refractivity contribution < 1.29 is 13.2 Å². The topological polar surface area (TPSA) is 128 Å². The Morgan fingerprint density at radius 1 is 1.09 bits per heavy atom. The van der Waals surface area contributed by atoms with Gasteiger partial charge in [-0.25, -0.2) is 28.5 Å². The molecule has 35 heavy (non-hydrogen) atoms. The Morgan fingerprint density at radius 2 is 1.80 bits per heavy atom. The van der Waals surface area contributed by atoms with Crippen molar-refractivity contribution in [2.75, 3.05) is 33.1 Å². The zero-order chi connectivity index (χ0) is 25.2. The average molecular weight is 496 g/mol. The van der Waals surface area contributed by atoms with Crippen LogP contribution >= 0.6 is 0 Å². The number of benzene rings is 2. The van der Waals surface area contributed by atoms with Crippen LogP contribution in [-0.2, 0) is 23.5 Å². The van der Waals surface area contributed by atoms with E-state index in [9.17, 15) is 8.42 Å². The van der Waals surface area contributed by atoms with E-state index < -0.39 is 10.0 Å². The molecule has 3 N–H and O–H groups in total. The second-order valence-corrected chi connectivity index (χ2v) is 10.0. The molecular formula is C24H29N7O3S. The fraction of sp³-hybridized carbons (Fsp3) is 0.292. The van der Waals surface area contributed by atoms with Crippen molar-refractivity contribution in [3.05, 3.63) is 54.2 Å². The Hall–Kier alpha value is -3.54. The molecule has 0 atom stereocenters. The Morgan fingerprint density at radius 3 is 2.43 bits per heavy atom. The minimum absolute atomic E-state index is 0.235. The largest absolute Gasteiger partial charge is 0.497 e. The van der Waals surface area contributed by atoms with Crippen molar-refractivity contribution in [3.8, 4) is 17.3 Å². The van der Waals surface area contributed by atoms with E-state index in [0.717, 1.165) is 30.6 Å². The standard InChI is InChI=1S/C24H29N7O3S/c1-30(2)13-7-8-16-11-12-17(34-4)14-20(16)28-23-22(26-18-9-5-6-10-19(18)27-23)24-29-21(15-31(24)3)35(25,32)33/h5-6,9-12,14-15H,7-8,13H2,1-4H3,(H,27,28)(H2,25,32,33). The molecule has 0 saturated heterocycles. The molecular weight excluding hydrogens is 466 g/mol. The number of hydrogen-bond donors (Lipinski definition) is 2. The molecule has 2 aromatic carbocycles. The van der Waals surface area contributed by atoms with E-state index in [1.165, 1.54) is 6.20 Å². The van der Waals surface area contributed by atoms with Gasteiger partial charge in [0.15, 0.2) is 16.7 Å². The number of methoxy groups -OCH3 is 1. The van der Waals surface area contributed by atoms with Gasteiger partial charge < -0.3 is 19.5 Å². The maximum absolute atomic E-state index is 11.9. The van der Waals surface area contributed by atoms with Crippen LogP contribution in [0, 0.1) is 0 Å². The van der Waals surface area contributed by atoms with Gasteiger partial charge in [-0.2, -0.15) is 0 Å². The molecule has 0 amide bonds. The summed E-state index contributed by atoms with van der Waals surface area (Å²) in [6.45, 7) is 0.954. The van der Waals surface area contributed by atoms with Gasteiger partial charge in [-0.15, -0.1) is 0 Å². The molecule has 0 radical (unpaired) electrons. The smallest absolute Gasteiger partial charge is 0.257 e. The van der Waals surface area contributed by atoms with E-state index in [2.05, 4.69) is 15.2 Å². The normalized spacial score (nSPS) is 11.8. The number of nitrogens with one attached hydrogen (secondary N) is 1. The number of nitrogens with two attached hydrogens (primary N) is 1. The molecule has 11 heteroatoms. The zero-order valence-corrected chi connectivity index (χ0v) is 21.0. The van der Waals surface area contributed by atoms with Gasteiger partial charge in [0.05, 0.1) is 18.1 Å². The molecule has 10 nitrogen and oxygen atoms in total. The van der Waals surface area contributed by atoms with Crippen molar-refractivity contribution in [2.45, 2.75) is 17.9 Å². The van der Waals surface area contributed by atoms with E-state index in [0.29, 0.717) is 34.1 Å². The Balaban J connectivity index is 1.84. The number of primary sulfonamides is 1. The summed E-state index contributed by atoms with van der Waals surface area (Å²) in [4.78, 5) is 16.0. The predicted octanol–water partition coefficient (Wildman–Crippen LogP) is 2.92. The minimum atomic E-state index is -3.98. The molecule has 0 saturated carbocycles. The molecule has 4 rings (SSSR count). The fourth-order valence-electron chi connectivity index (χ4n) is 3.77. The molecule has 0 bridgehead atoms. The summed E-state index contributed by atoms with van der Waals surface area (Å²) in [6.07, 6.45) is 3.18. The summed E-state index contributed by atoms with van der Waals surface area (Å²) < 4.78 is 30.9. The first kappa shape index (κ1) is 24.6. The third kappa shape index (κ3) is 5.59. The Kier molecular flexibility index (Phi) is 7.01. The summed E-state index contributed by atoms with van der Waals surface area (Å²) in [5.41, 5.74) is 3.68. The van der Waals surface area contributed by atoms with Crippen LogP contribution < -0.4 is 15.2 Å². The first-order valence-corrected chi connectivity index (χ1v) is 12.6. The number of anilines is 2. The maximum atomic E-state index is 11.9. The van der Waals surface area contributed by atoms with Gasteiger partial charge in [-0.05, 0) is 57.2 Å². The van der Waals surface area contributed by atoms with Gasteiger partial charge >= 0.3 is 0 Å². The van der Waals surface area contributed by atoms with E-state index in [4.69, 9.17) is 19.8 Å². The maximum Gasteiger partial charge on any atom is 0.257 e. The molecule has 0 fully saturated rings. The van der Waals surface area contributed by atoms with Crippen LogP contribution in [0.15, 0.2) is 53.7 Å². The van der Waals surface area contributed by atoms with E-state index in [-0.39, 0.29) is 5.03 Å². The van der Waals surface area contributed by atoms with Gasteiger partial charge in [-0.3, -0.25) is 0 Å². The number of imidazole rings is 1. The third-order valence-electron chi connectivity index (χ3n) is 5.55. The average Bonchev–Trinajstić information content (AvgIpc) is 3.21. The highest BCUT2D eigenvalue weighted by atomic mass is 32.2. The lowest BCUT2D eigenvalue weighted by atomic mass is 10.1. The van der Waals surface area contributed by atoms with Crippen molar-refractivity contribution in [3.63, 3.8) is 0 Å².